The third kappa shape index (κ3) is 3.36. The molecule has 1 amide bonds. The van der Waals surface area contributed by atoms with Gasteiger partial charge < -0.3 is 15.2 Å². The first kappa shape index (κ1) is 17.2. The van der Waals surface area contributed by atoms with Crippen molar-refractivity contribution in [1.82, 2.24) is 24.4 Å². The molecule has 1 aliphatic heterocycles. The maximum absolute atomic E-state index is 12.9. The summed E-state index contributed by atoms with van der Waals surface area (Å²) in [5.74, 6) is 1.28. The number of carbonyl (C=O) groups is 1. The van der Waals surface area contributed by atoms with Crippen LogP contribution in [-0.2, 0) is 6.54 Å². The molecule has 4 rings (SSSR count). The Morgan fingerprint density at radius 1 is 1.42 bits per heavy atom. The molecule has 3 aromatic heterocycles. The highest BCUT2D eigenvalue weighted by Gasteiger charge is 2.29. The van der Waals surface area contributed by atoms with Crippen LogP contribution in [0, 0.1) is 6.92 Å². The van der Waals surface area contributed by atoms with E-state index in [9.17, 15) is 4.79 Å². The number of aromatic nitrogens is 4. The molecule has 0 spiro atoms. The van der Waals surface area contributed by atoms with E-state index in [-0.39, 0.29) is 11.8 Å². The normalized spacial score (nSPS) is 17.6. The van der Waals surface area contributed by atoms with Crippen molar-refractivity contribution in [3.8, 4) is 0 Å². The van der Waals surface area contributed by atoms with Gasteiger partial charge in [-0.3, -0.25) is 4.79 Å². The van der Waals surface area contributed by atoms with Crippen molar-refractivity contribution in [3.05, 3.63) is 45.4 Å². The van der Waals surface area contributed by atoms with Gasteiger partial charge in [-0.2, -0.15) is 0 Å². The standard InChI is InChI=1S/C17H20N6OS2/c1-11-14(26-17(18)21-11)16(24)23-5-2-3-12(7-23)15-19-4-6-22(15)8-13-9-25-10-20-13/h4,6,9-10,12H,2-3,5,7-8H2,1H3,(H2,18,21). The molecule has 0 aromatic carbocycles. The van der Waals surface area contributed by atoms with E-state index in [0.717, 1.165) is 30.9 Å². The molecule has 1 aliphatic rings. The van der Waals surface area contributed by atoms with Crippen LogP contribution in [0.2, 0.25) is 0 Å². The third-order valence-corrected chi connectivity index (χ3v) is 6.25. The molecule has 0 aliphatic carbocycles. The average Bonchev–Trinajstić information content (AvgIpc) is 3.37. The van der Waals surface area contributed by atoms with Crippen molar-refractivity contribution in [2.24, 2.45) is 0 Å². The first-order valence-corrected chi connectivity index (χ1v) is 10.3. The predicted octanol–water partition coefficient (Wildman–Crippen LogP) is 2.75. The number of imidazole rings is 1. The lowest BCUT2D eigenvalue weighted by atomic mass is 9.97. The molecule has 136 valence electrons. The van der Waals surface area contributed by atoms with E-state index in [1.165, 1.54) is 11.3 Å². The minimum Gasteiger partial charge on any atom is -0.375 e. The maximum atomic E-state index is 12.9. The first-order chi connectivity index (χ1) is 12.6. The Morgan fingerprint density at radius 3 is 3.04 bits per heavy atom. The second kappa shape index (κ2) is 7.16. The van der Waals surface area contributed by atoms with Gasteiger partial charge in [0.05, 0.1) is 23.4 Å². The van der Waals surface area contributed by atoms with Crippen LogP contribution in [0.1, 0.15) is 45.6 Å². The Labute approximate surface area is 159 Å². The fraction of sp³-hybridized carbons (Fsp3) is 0.412. The Morgan fingerprint density at radius 2 is 2.31 bits per heavy atom. The summed E-state index contributed by atoms with van der Waals surface area (Å²) in [5.41, 5.74) is 9.35. The van der Waals surface area contributed by atoms with Crippen LogP contribution in [-0.4, -0.2) is 43.4 Å². The number of nitrogens with zero attached hydrogens (tertiary/aromatic N) is 5. The average molecular weight is 389 g/mol. The largest absolute Gasteiger partial charge is 0.375 e. The molecule has 9 heteroatoms. The Bertz CT molecular complexity index is 900. The molecule has 0 bridgehead atoms. The third-order valence-electron chi connectivity index (χ3n) is 4.64. The van der Waals surface area contributed by atoms with E-state index < -0.39 is 0 Å². The van der Waals surface area contributed by atoms with Gasteiger partial charge in [-0.1, -0.05) is 11.3 Å². The number of hydrogen-bond acceptors (Lipinski definition) is 7. The van der Waals surface area contributed by atoms with Gasteiger partial charge in [0.15, 0.2) is 5.13 Å². The fourth-order valence-corrected chi connectivity index (χ4v) is 4.79. The summed E-state index contributed by atoms with van der Waals surface area (Å²) in [5, 5.41) is 2.50. The van der Waals surface area contributed by atoms with Crippen LogP contribution in [0.4, 0.5) is 5.13 Å². The molecule has 1 unspecified atom stereocenters. The number of nitrogen functional groups attached to an aromatic ring is 1. The van der Waals surface area contributed by atoms with Gasteiger partial charge in [0.2, 0.25) is 0 Å². The zero-order valence-corrected chi connectivity index (χ0v) is 16.1. The number of likely N-dealkylation sites (tertiary alicyclic amines) is 1. The number of anilines is 1. The van der Waals surface area contributed by atoms with E-state index in [1.54, 1.807) is 11.3 Å². The highest BCUT2D eigenvalue weighted by Crippen LogP contribution is 2.29. The van der Waals surface area contributed by atoms with E-state index in [2.05, 4.69) is 24.9 Å². The molecule has 3 aromatic rings. The smallest absolute Gasteiger partial charge is 0.265 e. The Kier molecular flexibility index (Phi) is 4.73. The van der Waals surface area contributed by atoms with Crippen LogP contribution in [0.5, 0.6) is 0 Å². The summed E-state index contributed by atoms with van der Waals surface area (Å²) in [7, 11) is 0. The van der Waals surface area contributed by atoms with Gasteiger partial charge in [-0.05, 0) is 19.8 Å². The van der Waals surface area contributed by atoms with Gasteiger partial charge in [0.25, 0.3) is 5.91 Å². The molecule has 0 saturated carbocycles. The monoisotopic (exact) mass is 388 g/mol. The van der Waals surface area contributed by atoms with Crippen LogP contribution >= 0.6 is 22.7 Å². The molecular formula is C17H20N6OS2. The van der Waals surface area contributed by atoms with Crippen molar-refractivity contribution in [2.45, 2.75) is 32.2 Å². The number of piperidine rings is 1. The van der Waals surface area contributed by atoms with Crippen molar-refractivity contribution >= 4 is 33.7 Å². The predicted molar refractivity (Wildman–Crippen MR) is 103 cm³/mol. The topological polar surface area (TPSA) is 89.9 Å². The van der Waals surface area contributed by atoms with Crippen LogP contribution in [0.15, 0.2) is 23.3 Å². The van der Waals surface area contributed by atoms with E-state index in [0.29, 0.717) is 28.8 Å². The molecule has 26 heavy (non-hydrogen) atoms. The Hall–Kier alpha value is -2.26. The van der Waals surface area contributed by atoms with Gasteiger partial charge in [0, 0.05) is 36.8 Å². The fourth-order valence-electron chi connectivity index (χ4n) is 3.44. The molecule has 1 saturated heterocycles. The van der Waals surface area contributed by atoms with Gasteiger partial charge in [0.1, 0.15) is 10.7 Å². The molecule has 4 heterocycles. The highest BCUT2D eigenvalue weighted by atomic mass is 32.1. The Balaban J connectivity index is 1.51. The lowest BCUT2D eigenvalue weighted by Crippen LogP contribution is -2.39. The number of carbonyl (C=O) groups excluding carboxylic acids is 1. The summed E-state index contributed by atoms with van der Waals surface area (Å²) >= 11 is 2.86. The quantitative estimate of drug-likeness (QED) is 0.742. The first-order valence-electron chi connectivity index (χ1n) is 8.52. The van der Waals surface area contributed by atoms with E-state index >= 15 is 0 Å². The van der Waals surface area contributed by atoms with Crippen molar-refractivity contribution < 1.29 is 4.79 Å². The van der Waals surface area contributed by atoms with E-state index in [4.69, 9.17) is 5.73 Å². The molecular weight excluding hydrogens is 368 g/mol. The summed E-state index contributed by atoms with van der Waals surface area (Å²) < 4.78 is 2.14. The highest BCUT2D eigenvalue weighted by molar-refractivity contribution is 7.17. The van der Waals surface area contributed by atoms with Gasteiger partial charge in [-0.15, -0.1) is 11.3 Å². The van der Waals surface area contributed by atoms with Crippen LogP contribution in [0.25, 0.3) is 0 Å². The van der Waals surface area contributed by atoms with Gasteiger partial charge in [-0.25, -0.2) is 15.0 Å². The second-order valence-electron chi connectivity index (χ2n) is 6.45. The summed E-state index contributed by atoms with van der Waals surface area (Å²) in [6.45, 7) is 3.99. The van der Waals surface area contributed by atoms with Crippen LogP contribution < -0.4 is 5.73 Å². The van der Waals surface area contributed by atoms with Crippen molar-refractivity contribution in [3.63, 3.8) is 0 Å². The summed E-state index contributed by atoms with van der Waals surface area (Å²) in [6, 6.07) is 0. The van der Waals surface area contributed by atoms with Crippen molar-refractivity contribution in [1.29, 1.82) is 0 Å². The number of aryl methyl sites for hydroxylation is 1. The van der Waals surface area contributed by atoms with Gasteiger partial charge >= 0.3 is 0 Å². The number of hydrogen-bond donors (Lipinski definition) is 1. The number of rotatable bonds is 4. The maximum Gasteiger partial charge on any atom is 0.265 e. The lowest BCUT2D eigenvalue weighted by molar-refractivity contribution is 0.0707. The lowest BCUT2D eigenvalue weighted by Gasteiger charge is -2.32. The SMILES string of the molecule is Cc1nc(N)sc1C(=O)N1CCCC(c2nccn2Cc2cscn2)C1. The summed E-state index contributed by atoms with van der Waals surface area (Å²) in [6.07, 6.45) is 5.81. The molecule has 7 nitrogen and oxygen atoms in total. The van der Waals surface area contributed by atoms with E-state index in [1.807, 2.05) is 29.7 Å². The minimum atomic E-state index is 0.0269. The zero-order valence-electron chi connectivity index (χ0n) is 14.5. The molecule has 0 radical (unpaired) electrons. The zero-order chi connectivity index (χ0) is 18.1. The van der Waals surface area contributed by atoms with Crippen molar-refractivity contribution in [2.75, 3.05) is 18.8 Å². The molecule has 1 fully saturated rings. The minimum absolute atomic E-state index is 0.0269. The second-order valence-corrected chi connectivity index (χ2v) is 8.20. The number of thiazole rings is 2. The molecule has 1 atom stereocenters. The molecule has 2 N–H and O–H groups in total. The number of amides is 1. The summed E-state index contributed by atoms with van der Waals surface area (Å²) in [4.78, 5) is 28.6. The van der Waals surface area contributed by atoms with Crippen LogP contribution in [0.3, 0.4) is 0 Å². The number of nitrogens with two attached hydrogens (primary N) is 1.